The number of benzene rings is 2. The third-order valence-electron chi connectivity index (χ3n) is 4.83. The summed E-state index contributed by atoms with van der Waals surface area (Å²) in [6.07, 6.45) is 1.20. The number of anilines is 1. The van der Waals surface area contributed by atoms with Crippen molar-refractivity contribution in [3.8, 4) is 0 Å². The van der Waals surface area contributed by atoms with E-state index >= 15 is 0 Å². The standard InChI is InChI=1S/C21H24N2O2/c1-14-11-15(2)18(16(3)12-14)23-20(25)21(9-10-21)19(24)22-13-17-7-5-4-6-8-17/h4-8,11-12H,9-10,13H2,1-3H3,(H,22,24)(H,23,25). The molecule has 1 fully saturated rings. The lowest BCUT2D eigenvalue weighted by molar-refractivity contribution is -0.134. The molecule has 0 unspecified atom stereocenters. The molecule has 0 radical (unpaired) electrons. The molecule has 3 rings (SSSR count). The highest BCUT2D eigenvalue weighted by molar-refractivity contribution is 6.13. The molecule has 4 heteroatoms. The highest BCUT2D eigenvalue weighted by atomic mass is 16.2. The van der Waals surface area contributed by atoms with Crippen LogP contribution in [0.3, 0.4) is 0 Å². The van der Waals surface area contributed by atoms with Crippen molar-refractivity contribution in [2.45, 2.75) is 40.2 Å². The Labute approximate surface area is 148 Å². The van der Waals surface area contributed by atoms with E-state index in [1.54, 1.807) is 0 Å². The smallest absolute Gasteiger partial charge is 0.240 e. The van der Waals surface area contributed by atoms with Gasteiger partial charge in [-0.25, -0.2) is 0 Å². The van der Waals surface area contributed by atoms with Crippen molar-refractivity contribution < 1.29 is 9.59 Å². The molecule has 25 heavy (non-hydrogen) atoms. The molecule has 1 aliphatic carbocycles. The monoisotopic (exact) mass is 336 g/mol. The Bertz CT molecular complexity index is 785. The number of carbonyl (C=O) groups excluding carboxylic acids is 2. The summed E-state index contributed by atoms with van der Waals surface area (Å²) in [4.78, 5) is 25.4. The average molecular weight is 336 g/mol. The Balaban J connectivity index is 1.68. The lowest BCUT2D eigenvalue weighted by Crippen LogP contribution is -2.39. The van der Waals surface area contributed by atoms with Crippen LogP contribution in [0.5, 0.6) is 0 Å². The summed E-state index contributed by atoms with van der Waals surface area (Å²) < 4.78 is 0. The molecule has 1 aliphatic rings. The number of rotatable bonds is 5. The molecule has 2 N–H and O–H groups in total. The van der Waals surface area contributed by atoms with Crippen LogP contribution in [0.25, 0.3) is 0 Å². The average Bonchev–Trinajstić information content (AvgIpc) is 3.38. The molecule has 2 aromatic rings. The van der Waals surface area contributed by atoms with Crippen LogP contribution in [0, 0.1) is 26.2 Å². The van der Waals surface area contributed by atoms with Gasteiger partial charge < -0.3 is 10.6 Å². The molecule has 2 aromatic carbocycles. The van der Waals surface area contributed by atoms with E-state index in [1.807, 2.05) is 63.2 Å². The van der Waals surface area contributed by atoms with Gasteiger partial charge in [0.1, 0.15) is 5.41 Å². The summed E-state index contributed by atoms with van der Waals surface area (Å²) in [5.74, 6) is -0.385. The van der Waals surface area contributed by atoms with Gasteiger partial charge in [0.2, 0.25) is 11.8 Å². The molecule has 0 saturated heterocycles. The first-order chi connectivity index (χ1) is 11.9. The maximum atomic E-state index is 12.8. The summed E-state index contributed by atoms with van der Waals surface area (Å²) in [6, 6.07) is 13.8. The first-order valence-corrected chi connectivity index (χ1v) is 8.64. The first kappa shape index (κ1) is 17.2. The van der Waals surface area contributed by atoms with E-state index in [1.165, 1.54) is 0 Å². The molecule has 0 atom stereocenters. The van der Waals surface area contributed by atoms with Gasteiger partial charge in [-0.2, -0.15) is 0 Å². The van der Waals surface area contributed by atoms with Crippen molar-refractivity contribution in [2.75, 3.05) is 5.32 Å². The number of nitrogens with one attached hydrogen (secondary N) is 2. The molecular formula is C21H24N2O2. The van der Waals surface area contributed by atoms with E-state index in [9.17, 15) is 9.59 Å². The van der Waals surface area contributed by atoms with Crippen LogP contribution in [0.1, 0.15) is 35.1 Å². The van der Waals surface area contributed by atoms with Gasteiger partial charge in [-0.15, -0.1) is 0 Å². The lowest BCUT2D eigenvalue weighted by Gasteiger charge is -2.18. The van der Waals surface area contributed by atoms with Crippen LogP contribution in [0.4, 0.5) is 5.69 Å². The third-order valence-corrected chi connectivity index (χ3v) is 4.83. The lowest BCUT2D eigenvalue weighted by atomic mass is 10.0. The van der Waals surface area contributed by atoms with Crippen LogP contribution in [-0.2, 0) is 16.1 Å². The quantitative estimate of drug-likeness (QED) is 0.819. The molecule has 0 spiro atoms. The van der Waals surface area contributed by atoms with Gasteiger partial charge in [-0.3, -0.25) is 9.59 Å². The molecule has 2 amide bonds. The van der Waals surface area contributed by atoms with E-state index in [2.05, 4.69) is 10.6 Å². The minimum absolute atomic E-state index is 0.184. The molecule has 0 aliphatic heterocycles. The van der Waals surface area contributed by atoms with E-state index in [-0.39, 0.29) is 11.8 Å². The maximum Gasteiger partial charge on any atom is 0.240 e. The molecule has 0 aromatic heterocycles. The van der Waals surface area contributed by atoms with Crippen molar-refractivity contribution >= 4 is 17.5 Å². The number of hydrogen-bond acceptors (Lipinski definition) is 2. The molecule has 0 heterocycles. The SMILES string of the molecule is Cc1cc(C)c(NC(=O)C2(C(=O)NCc3ccccc3)CC2)c(C)c1. The van der Waals surface area contributed by atoms with Crippen LogP contribution < -0.4 is 10.6 Å². The Morgan fingerprint density at radius 3 is 2.12 bits per heavy atom. The molecular weight excluding hydrogens is 312 g/mol. The highest BCUT2D eigenvalue weighted by Gasteiger charge is 2.56. The molecule has 130 valence electrons. The summed E-state index contributed by atoms with van der Waals surface area (Å²) in [5, 5.41) is 5.89. The fourth-order valence-corrected chi connectivity index (χ4v) is 3.24. The van der Waals surface area contributed by atoms with E-state index in [0.717, 1.165) is 27.9 Å². The fourth-order valence-electron chi connectivity index (χ4n) is 3.24. The topological polar surface area (TPSA) is 58.2 Å². The van der Waals surface area contributed by atoms with Crippen LogP contribution in [0.2, 0.25) is 0 Å². The van der Waals surface area contributed by atoms with E-state index in [4.69, 9.17) is 0 Å². The van der Waals surface area contributed by atoms with E-state index < -0.39 is 5.41 Å². The van der Waals surface area contributed by atoms with E-state index in [0.29, 0.717) is 19.4 Å². The van der Waals surface area contributed by atoms with Gasteiger partial charge in [0.15, 0.2) is 0 Å². The maximum absolute atomic E-state index is 12.8. The van der Waals surface area contributed by atoms with Gasteiger partial charge in [-0.05, 0) is 50.3 Å². The van der Waals surface area contributed by atoms with Gasteiger partial charge in [-0.1, -0.05) is 48.0 Å². The van der Waals surface area contributed by atoms with Crippen molar-refractivity contribution in [1.29, 1.82) is 0 Å². The molecule has 4 nitrogen and oxygen atoms in total. The largest absolute Gasteiger partial charge is 0.351 e. The summed E-state index contributed by atoms with van der Waals surface area (Å²) in [6.45, 7) is 6.43. The minimum atomic E-state index is -0.918. The molecule has 0 bridgehead atoms. The third kappa shape index (κ3) is 3.58. The Kier molecular flexibility index (Phi) is 4.62. The zero-order valence-corrected chi connectivity index (χ0v) is 15.0. The summed E-state index contributed by atoms with van der Waals surface area (Å²) >= 11 is 0. The number of amides is 2. The predicted octanol–water partition coefficient (Wildman–Crippen LogP) is 3.65. The van der Waals surface area contributed by atoms with Gasteiger partial charge >= 0.3 is 0 Å². The van der Waals surface area contributed by atoms with Gasteiger partial charge in [0, 0.05) is 12.2 Å². The minimum Gasteiger partial charge on any atom is -0.351 e. The highest BCUT2D eigenvalue weighted by Crippen LogP contribution is 2.47. The summed E-state index contributed by atoms with van der Waals surface area (Å²) in [5.41, 5.74) is 4.13. The first-order valence-electron chi connectivity index (χ1n) is 8.64. The predicted molar refractivity (Wildman–Crippen MR) is 99.2 cm³/mol. The zero-order valence-electron chi connectivity index (χ0n) is 15.0. The van der Waals surface area contributed by atoms with Crippen molar-refractivity contribution in [2.24, 2.45) is 5.41 Å². The number of aryl methyl sites for hydroxylation is 3. The second kappa shape index (κ2) is 6.71. The normalized spacial score (nSPS) is 14.7. The second-order valence-corrected chi connectivity index (χ2v) is 6.98. The zero-order chi connectivity index (χ0) is 18.0. The van der Waals surface area contributed by atoms with Crippen molar-refractivity contribution in [3.05, 3.63) is 64.7 Å². The van der Waals surface area contributed by atoms with Crippen LogP contribution in [-0.4, -0.2) is 11.8 Å². The van der Waals surface area contributed by atoms with Gasteiger partial charge in [0.25, 0.3) is 0 Å². The fraction of sp³-hybridized carbons (Fsp3) is 0.333. The Hall–Kier alpha value is -2.62. The second-order valence-electron chi connectivity index (χ2n) is 6.98. The van der Waals surface area contributed by atoms with Crippen molar-refractivity contribution in [3.63, 3.8) is 0 Å². The van der Waals surface area contributed by atoms with Crippen molar-refractivity contribution in [1.82, 2.24) is 5.32 Å². The Morgan fingerprint density at radius 1 is 0.960 bits per heavy atom. The Morgan fingerprint density at radius 2 is 1.56 bits per heavy atom. The summed E-state index contributed by atoms with van der Waals surface area (Å²) in [7, 11) is 0. The number of hydrogen-bond donors (Lipinski definition) is 2. The van der Waals surface area contributed by atoms with Crippen LogP contribution >= 0.6 is 0 Å². The van der Waals surface area contributed by atoms with Crippen LogP contribution in [0.15, 0.2) is 42.5 Å². The van der Waals surface area contributed by atoms with Gasteiger partial charge in [0.05, 0.1) is 0 Å². The number of carbonyl (C=O) groups is 2. The molecule has 1 saturated carbocycles.